The summed E-state index contributed by atoms with van der Waals surface area (Å²) < 4.78 is 5.06. The molecule has 7 heteroatoms. The van der Waals surface area contributed by atoms with Crippen LogP contribution in [0.5, 0.6) is 5.88 Å². The van der Waals surface area contributed by atoms with Crippen molar-refractivity contribution in [3.05, 3.63) is 58.2 Å². The summed E-state index contributed by atoms with van der Waals surface area (Å²) >= 11 is 7.46. The molecule has 122 valence electrons. The second kappa shape index (κ2) is 6.98. The van der Waals surface area contributed by atoms with E-state index in [9.17, 15) is 4.79 Å². The van der Waals surface area contributed by atoms with Gasteiger partial charge in [-0.3, -0.25) is 4.79 Å². The monoisotopic (exact) mass is 359 g/mol. The number of benzene rings is 1. The topological polar surface area (TPSA) is 64.1 Å². The Morgan fingerprint density at radius 2 is 2.04 bits per heavy atom. The first-order valence-electron chi connectivity index (χ1n) is 7.12. The minimum Gasteiger partial charge on any atom is -0.481 e. The van der Waals surface area contributed by atoms with Gasteiger partial charge in [0.2, 0.25) is 5.88 Å². The van der Waals surface area contributed by atoms with Crippen molar-refractivity contribution in [1.82, 2.24) is 9.97 Å². The molecular formula is C17H14ClN3O2S. The van der Waals surface area contributed by atoms with E-state index >= 15 is 0 Å². The van der Waals surface area contributed by atoms with Gasteiger partial charge in [-0.2, -0.15) is 0 Å². The van der Waals surface area contributed by atoms with Gasteiger partial charge < -0.3 is 10.1 Å². The number of hydrogen-bond donors (Lipinski definition) is 1. The summed E-state index contributed by atoms with van der Waals surface area (Å²) in [4.78, 5) is 21.5. The van der Waals surface area contributed by atoms with E-state index in [1.807, 2.05) is 18.2 Å². The van der Waals surface area contributed by atoms with Crippen molar-refractivity contribution >= 4 is 34.5 Å². The largest absolute Gasteiger partial charge is 0.481 e. The van der Waals surface area contributed by atoms with Gasteiger partial charge in [0, 0.05) is 11.6 Å². The van der Waals surface area contributed by atoms with Gasteiger partial charge in [-0.1, -0.05) is 29.8 Å². The van der Waals surface area contributed by atoms with E-state index in [1.165, 1.54) is 11.3 Å². The smallest absolute Gasteiger partial charge is 0.267 e. The quantitative estimate of drug-likeness (QED) is 0.748. The Balaban J connectivity index is 1.81. The van der Waals surface area contributed by atoms with E-state index in [0.29, 0.717) is 32.2 Å². The van der Waals surface area contributed by atoms with Gasteiger partial charge in [0.05, 0.1) is 29.7 Å². The van der Waals surface area contributed by atoms with Crippen LogP contribution in [0.1, 0.15) is 15.4 Å². The highest BCUT2D eigenvalue weighted by molar-refractivity contribution is 7.17. The molecule has 0 bridgehead atoms. The number of aryl methyl sites for hydroxylation is 1. The second-order valence-electron chi connectivity index (χ2n) is 4.95. The Morgan fingerprint density at radius 1 is 1.25 bits per heavy atom. The second-order valence-corrected chi connectivity index (χ2v) is 6.39. The van der Waals surface area contributed by atoms with Crippen LogP contribution in [0.2, 0.25) is 5.02 Å². The lowest BCUT2D eigenvalue weighted by Gasteiger charge is -2.07. The lowest BCUT2D eigenvalue weighted by Crippen LogP contribution is -2.11. The highest BCUT2D eigenvalue weighted by Gasteiger charge is 2.14. The number of rotatable bonds is 4. The minimum absolute atomic E-state index is 0.235. The summed E-state index contributed by atoms with van der Waals surface area (Å²) in [7, 11) is 1.55. The summed E-state index contributed by atoms with van der Waals surface area (Å²) in [5, 5.41) is 4.15. The van der Waals surface area contributed by atoms with Crippen molar-refractivity contribution in [1.29, 1.82) is 0 Å². The molecule has 1 N–H and O–H groups in total. The molecule has 2 heterocycles. The summed E-state index contributed by atoms with van der Waals surface area (Å²) in [5.74, 6) is 0.269. The van der Waals surface area contributed by atoms with Crippen molar-refractivity contribution in [3.8, 4) is 16.5 Å². The fourth-order valence-corrected chi connectivity index (χ4v) is 3.24. The van der Waals surface area contributed by atoms with Crippen LogP contribution in [0, 0.1) is 6.92 Å². The molecule has 0 fully saturated rings. The maximum atomic E-state index is 12.4. The van der Waals surface area contributed by atoms with E-state index < -0.39 is 0 Å². The fraction of sp³-hybridized carbons (Fsp3) is 0.118. The van der Waals surface area contributed by atoms with E-state index in [4.69, 9.17) is 16.3 Å². The maximum absolute atomic E-state index is 12.4. The molecule has 0 spiro atoms. The first-order valence-corrected chi connectivity index (χ1v) is 8.31. The predicted octanol–water partition coefficient (Wildman–Crippen LogP) is 4.43. The third-order valence-corrected chi connectivity index (χ3v) is 4.71. The predicted molar refractivity (Wildman–Crippen MR) is 96.0 cm³/mol. The minimum atomic E-state index is -0.235. The SMILES string of the molecule is COc1ccc(NC(=O)c2cnc(-c3ccccc3Cl)s2)c(C)n1. The van der Waals surface area contributed by atoms with Crippen LogP contribution in [0.25, 0.3) is 10.6 Å². The van der Waals surface area contributed by atoms with E-state index in [2.05, 4.69) is 15.3 Å². The number of nitrogens with one attached hydrogen (secondary N) is 1. The number of thiazole rings is 1. The maximum Gasteiger partial charge on any atom is 0.267 e. The molecule has 3 aromatic rings. The number of hydrogen-bond acceptors (Lipinski definition) is 5. The Hall–Kier alpha value is -2.44. The third-order valence-electron chi connectivity index (χ3n) is 3.35. The van der Waals surface area contributed by atoms with Gasteiger partial charge in [-0.15, -0.1) is 11.3 Å². The molecule has 0 aliphatic carbocycles. The van der Waals surface area contributed by atoms with Gasteiger partial charge >= 0.3 is 0 Å². The number of carbonyl (C=O) groups excluding carboxylic acids is 1. The molecule has 0 unspecified atom stereocenters. The van der Waals surface area contributed by atoms with Crippen molar-refractivity contribution in [3.63, 3.8) is 0 Å². The number of aromatic nitrogens is 2. The van der Waals surface area contributed by atoms with E-state index in [-0.39, 0.29) is 5.91 Å². The summed E-state index contributed by atoms with van der Waals surface area (Å²) in [6.07, 6.45) is 1.55. The number of amides is 1. The number of nitrogens with zero attached hydrogens (tertiary/aromatic N) is 2. The Bertz CT molecular complexity index is 895. The van der Waals surface area contributed by atoms with Gasteiger partial charge in [0.25, 0.3) is 5.91 Å². The molecule has 3 rings (SSSR count). The number of halogens is 1. The van der Waals surface area contributed by atoms with Gasteiger partial charge in [-0.05, 0) is 19.1 Å². The zero-order valence-corrected chi connectivity index (χ0v) is 14.6. The number of carbonyl (C=O) groups is 1. The number of anilines is 1. The summed E-state index contributed by atoms with van der Waals surface area (Å²) in [5.41, 5.74) is 2.12. The van der Waals surface area contributed by atoms with Crippen LogP contribution in [-0.2, 0) is 0 Å². The molecule has 2 aromatic heterocycles. The standard InChI is InChI=1S/C17H14ClN3O2S/c1-10-13(7-8-15(20-10)23-2)21-16(22)14-9-19-17(24-14)11-5-3-4-6-12(11)18/h3-9H,1-2H3,(H,21,22). The summed E-state index contributed by atoms with van der Waals surface area (Å²) in [6, 6.07) is 10.9. The van der Waals surface area contributed by atoms with Crippen LogP contribution < -0.4 is 10.1 Å². The molecule has 0 saturated heterocycles. The fourth-order valence-electron chi connectivity index (χ4n) is 2.11. The molecular weight excluding hydrogens is 346 g/mol. The number of pyridine rings is 1. The van der Waals surface area contributed by atoms with Crippen LogP contribution in [0.15, 0.2) is 42.6 Å². The molecule has 0 saturated carbocycles. The molecule has 24 heavy (non-hydrogen) atoms. The number of ether oxygens (including phenoxy) is 1. The Kier molecular flexibility index (Phi) is 4.78. The molecule has 0 atom stereocenters. The average Bonchev–Trinajstić information content (AvgIpc) is 3.07. The van der Waals surface area contributed by atoms with Crippen molar-refractivity contribution < 1.29 is 9.53 Å². The lowest BCUT2D eigenvalue weighted by atomic mass is 10.2. The first kappa shape index (κ1) is 16.4. The van der Waals surface area contributed by atoms with Crippen LogP contribution in [-0.4, -0.2) is 23.0 Å². The highest BCUT2D eigenvalue weighted by atomic mass is 35.5. The molecule has 0 aliphatic rings. The molecule has 0 radical (unpaired) electrons. The molecule has 5 nitrogen and oxygen atoms in total. The van der Waals surface area contributed by atoms with Crippen molar-refractivity contribution in [2.75, 3.05) is 12.4 Å². The lowest BCUT2D eigenvalue weighted by molar-refractivity contribution is 0.103. The van der Waals surface area contributed by atoms with Crippen LogP contribution >= 0.6 is 22.9 Å². The van der Waals surface area contributed by atoms with Crippen molar-refractivity contribution in [2.45, 2.75) is 6.92 Å². The zero-order chi connectivity index (χ0) is 17.1. The average molecular weight is 360 g/mol. The summed E-state index contributed by atoms with van der Waals surface area (Å²) in [6.45, 7) is 1.81. The van der Waals surface area contributed by atoms with Crippen LogP contribution in [0.4, 0.5) is 5.69 Å². The molecule has 0 aliphatic heterocycles. The normalized spacial score (nSPS) is 10.5. The van der Waals surface area contributed by atoms with Gasteiger partial charge in [0.15, 0.2) is 0 Å². The molecule has 1 aromatic carbocycles. The zero-order valence-electron chi connectivity index (χ0n) is 13.0. The van der Waals surface area contributed by atoms with Crippen LogP contribution in [0.3, 0.4) is 0 Å². The third kappa shape index (κ3) is 3.39. The van der Waals surface area contributed by atoms with E-state index in [1.54, 1.807) is 38.4 Å². The number of methoxy groups -OCH3 is 1. The Morgan fingerprint density at radius 3 is 2.75 bits per heavy atom. The Labute approximate surface area is 148 Å². The van der Waals surface area contributed by atoms with Gasteiger partial charge in [0.1, 0.15) is 9.88 Å². The highest BCUT2D eigenvalue weighted by Crippen LogP contribution is 2.31. The molecule has 1 amide bonds. The van der Waals surface area contributed by atoms with Crippen molar-refractivity contribution in [2.24, 2.45) is 0 Å². The first-order chi connectivity index (χ1) is 11.6. The van der Waals surface area contributed by atoms with Gasteiger partial charge in [-0.25, -0.2) is 9.97 Å². The van der Waals surface area contributed by atoms with E-state index in [0.717, 1.165) is 5.56 Å².